The molecule has 0 aliphatic heterocycles. The molecule has 0 aliphatic rings. The highest BCUT2D eigenvalue weighted by molar-refractivity contribution is 8.00. The van der Waals surface area contributed by atoms with Crippen molar-refractivity contribution in [3.8, 4) is 5.69 Å². The standard InChI is InChI=1S/C19H17N5OS/c1-12-17(15-10-6-7-11-16(15)20-12)18(25)13(2)26-19-21-22-23-24(19)14-8-4-3-5-9-14/h3-11,13,20H,1-2H3/t13-/m0/s1. The van der Waals surface area contributed by atoms with Crippen LogP contribution in [0.2, 0.25) is 0 Å². The van der Waals surface area contributed by atoms with Gasteiger partial charge in [0.2, 0.25) is 5.16 Å². The number of rotatable bonds is 5. The molecule has 0 radical (unpaired) electrons. The van der Waals surface area contributed by atoms with E-state index in [-0.39, 0.29) is 11.0 Å². The summed E-state index contributed by atoms with van der Waals surface area (Å²) in [6.45, 7) is 3.82. The van der Waals surface area contributed by atoms with Gasteiger partial charge in [-0.3, -0.25) is 4.79 Å². The number of benzene rings is 2. The van der Waals surface area contributed by atoms with Crippen molar-refractivity contribution < 1.29 is 4.79 Å². The molecule has 0 amide bonds. The predicted octanol–water partition coefficient (Wildman–Crippen LogP) is 3.82. The molecular formula is C19H17N5OS. The topological polar surface area (TPSA) is 76.5 Å². The highest BCUT2D eigenvalue weighted by Gasteiger charge is 2.24. The summed E-state index contributed by atoms with van der Waals surface area (Å²) in [6, 6.07) is 17.5. The highest BCUT2D eigenvalue weighted by Crippen LogP contribution is 2.29. The first-order valence-corrected chi connectivity index (χ1v) is 9.15. The maximum Gasteiger partial charge on any atom is 0.214 e. The summed E-state index contributed by atoms with van der Waals surface area (Å²) in [7, 11) is 0. The van der Waals surface area contributed by atoms with Crippen LogP contribution in [0.4, 0.5) is 0 Å². The number of hydrogen-bond donors (Lipinski definition) is 1. The molecule has 0 unspecified atom stereocenters. The van der Waals surface area contributed by atoms with Gasteiger partial charge < -0.3 is 4.98 Å². The van der Waals surface area contributed by atoms with Crippen molar-refractivity contribution in [2.75, 3.05) is 0 Å². The van der Waals surface area contributed by atoms with Crippen LogP contribution in [0.3, 0.4) is 0 Å². The second-order valence-corrected chi connectivity index (χ2v) is 7.31. The number of ketones is 1. The number of Topliss-reactive ketones (excluding diaryl/α,β-unsaturated/α-hetero) is 1. The van der Waals surface area contributed by atoms with Crippen molar-refractivity contribution in [1.82, 2.24) is 25.2 Å². The Bertz CT molecular complexity index is 1070. The molecule has 7 heteroatoms. The van der Waals surface area contributed by atoms with Gasteiger partial charge in [0.1, 0.15) is 0 Å². The Morgan fingerprint density at radius 2 is 1.85 bits per heavy atom. The predicted molar refractivity (Wildman–Crippen MR) is 102 cm³/mol. The van der Waals surface area contributed by atoms with Crippen molar-refractivity contribution in [2.24, 2.45) is 0 Å². The van der Waals surface area contributed by atoms with E-state index in [0.29, 0.717) is 5.16 Å². The number of tetrazole rings is 1. The Balaban J connectivity index is 1.63. The van der Waals surface area contributed by atoms with Gasteiger partial charge in [-0.05, 0) is 42.5 Å². The Kier molecular flexibility index (Phi) is 4.30. The molecule has 0 fully saturated rings. The summed E-state index contributed by atoms with van der Waals surface area (Å²) in [4.78, 5) is 16.4. The number of H-pyrrole nitrogens is 1. The number of fused-ring (bicyclic) bond motifs is 1. The van der Waals surface area contributed by atoms with E-state index in [1.165, 1.54) is 11.8 Å². The van der Waals surface area contributed by atoms with E-state index < -0.39 is 0 Å². The first-order valence-electron chi connectivity index (χ1n) is 8.27. The fraction of sp³-hybridized carbons (Fsp3) is 0.158. The Morgan fingerprint density at radius 3 is 2.65 bits per heavy atom. The summed E-state index contributed by atoms with van der Waals surface area (Å²) >= 11 is 1.36. The SMILES string of the molecule is Cc1[nH]c2ccccc2c1C(=O)[C@H](C)Sc1nnnn1-c1ccccc1. The molecule has 0 saturated heterocycles. The van der Waals surface area contributed by atoms with Gasteiger partial charge in [0.25, 0.3) is 0 Å². The van der Waals surface area contributed by atoms with E-state index >= 15 is 0 Å². The van der Waals surface area contributed by atoms with Gasteiger partial charge in [-0.2, -0.15) is 4.68 Å². The molecule has 1 atom stereocenters. The van der Waals surface area contributed by atoms with Crippen LogP contribution in [0, 0.1) is 6.92 Å². The Hall–Kier alpha value is -2.93. The van der Waals surface area contributed by atoms with Gasteiger partial charge in [0.15, 0.2) is 5.78 Å². The van der Waals surface area contributed by atoms with Crippen molar-refractivity contribution in [2.45, 2.75) is 24.3 Å². The number of carbonyl (C=O) groups is 1. The molecule has 2 aromatic heterocycles. The van der Waals surface area contributed by atoms with Crippen LogP contribution in [0.1, 0.15) is 23.0 Å². The normalized spacial score (nSPS) is 12.4. The molecule has 4 aromatic rings. The average molecular weight is 363 g/mol. The van der Waals surface area contributed by atoms with E-state index in [2.05, 4.69) is 20.5 Å². The second-order valence-electron chi connectivity index (χ2n) is 6.00. The lowest BCUT2D eigenvalue weighted by molar-refractivity contribution is 0.0995. The zero-order valence-corrected chi connectivity index (χ0v) is 15.2. The fourth-order valence-corrected chi connectivity index (χ4v) is 3.86. The van der Waals surface area contributed by atoms with Crippen LogP contribution in [-0.2, 0) is 0 Å². The molecule has 0 bridgehead atoms. The summed E-state index contributed by atoms with van der Waals surface area (Å²) in [5.41, 5.74) is 3.45. The summed E-state index contributed by atoms with van der Waals surface area (Å²) in [5.74, 6) is 0.0626. The van der Waals surface area contributed by atoms with E-state index in [1.54, 1.807) is 4.68 Å². The minimum absolute atomic E-state index is 0.0626. The van der Waals surface area contributed by atoms with Crippen molar-refractivity contribution in [3.63, 3.8) is 0 Å². The maximum atomic E-state index is 13.1. The molecular weight excluding hydrogens is 346 g/mol. The lowest BCUT2D eigenvalue weighted by Gasteiger charge is -2.10. The number of hydrogen-bond acceptors (Lipinski definition) is 5. The van der Waals surface area contributed by atoms with Gasteiger partial charge >= 0.3 is 0 Å². The van der Waals surface area contributed by atoms with Gasteiger partial charge in [-0.1, -0.05) is 48.2 Å². The third-order valence-electron chi connectivity index (χ3n) is 4.23. The van der Waals surface area contributed by atoms with Crippen molar-refractivity contribution in [3.05, 3.63) is 65.9 Å². The van der Waals surface area contributed by atoms with Crippen LogP contribution in [0.5, 0.6) is 0 Å². The van der Waals surface area contributed by atoms with Crippen LogP contribution in [0.25, 0.3) is 16.6 Å². The first kappa shape index (κ1) is 16.5. The van der Waals surface area contributed by atoms with Crippen LogP contribution < -0.4 is 0 Å². The monoisotopic (exact) mass is 363 g/mol. The number of thioether (sulfide) groups is 1. The molecule has 2 aromatic carbocycles. The lowest BCUT2D eigenvalue weighted by atomic mass is 10.1. The molecule has 0 saturated carbocycles. The molecule has 6 nitrogen and oxygen atoms in total. The van der Waals surface area contributed by atoms with Gasteiger partial charge in [-0.25, -0.2) is 0 Å². The zero-order chi connectivity index (χ0) is 18.1. The Labute approximate surface area is 154 Å². The largest absolute Gasteiger partial charge is 0.358 e. The van der Waals surface area contributed by atoms with Crippen LogP contribution in [-0.4, -0.2) is 36.2 Å². The number of aromatic amines is 1. The summed E-state index contributed by atoms with van der Waals surface area (Å²) in [6.07, 6.45) is 0. The van der Waals surface area contributed by atoms with Crippen molar-refractivity contribution >= 4 is 28.4 Å². The first-order chi connectivity index (χ1) is 12.6. The number of aromatic nitrogens is 5. The quantitative estimate of drug-likeness (QED) is 0.431. The number of nitrogens with zero attached hydrogens (tertiary/aromatic N) is 4. The molecule has 130 valence electrons. The third-order valence-corrected chi connectivity index (χ3v) is 5.27. The number of aryl methyl sites for hydroxylation is 1. The molecule has 0 aliphatic carbocycles. The highest BCUT2D eigenvalue weighted by atomic mass is 32.2. The molecule has 1 N–H and O–H groups in total. The van der Waals surface area contributed by atoms with E-state index in [4.69, 9.17) is 0 Å². The smallest absolute Gasteiger partial charge is 0.214 e. The van der Waals surface area contributed by atoms with E-state index in [0.717, 1.165) is 27.8 Å². The Morgan fingerprint density at radius 1 is 1.12 bits per heavy atom. The zero-order valence-electron chi connectivity index (χ0n) is 14.4. The minimum Gasteiger partial charge on any atom is -0.358 e. The van der Waals surface area contributed by atoms with Crippen LogP contribution >= 0.6 is 11.8 Å². The lowest BCUT2D eigenvalue weighted by Crippen LogP contribution is -2.15. The molecule has 26 heavy (non-hydrogen) atoms. The molecule has 0 spiro atoms. The molecule has 4 rings (SSSR count). The molecule has 2 heterocycles. The summed E-state index contributed by atoms with van der Waals surface area (Å²) < 4.78 is 1.65. The van der Waals surface area contributed by atoms with E-state index in [9.17, 15) is 4.79 Å². The number of nitrogens with one attached hydrogen (secondary N) is 1. The van der Waals surface area contributed by atoms with E-state index in [1.807, 2.05) is 68.4 Å². The average Bonchev–Trinajstić information content (AvgIpc) is 3.25. The van der Waals surface area contributed by atoms with Crippen molar-refractivity contribution in [1.29, 1.82) is 0 Å². The second kappa shape index (κ2) is 6.76. The summed E-state index contributed by atoms with van der Waals surface area (Å²) in [5, 5.41) is 13.1. The van der Waals surface area contributed by atoms with Gasteiger partial charge in [0, 0.05) is 22.2 Å². The fourth-order valence-electron chi connectivity index (χ4n) is 2.99. The number of carbonyl (C=O) groups excluding carboxylic acids is 1. The minimum atomic E-state index is -0.318. The maximum absolute atomic E-state index is 13.1. The number of para-hydroxylation sites is 2. The van der Waals surface area contributed by atoms with Gasteiger partial charge in [0.05, 0.1) is 10.9 Å². The third kappa shape index (κ3) is 2.90. The van der Waals surface area contributed by atoms with Gasteiger partial charge in [-0.15, -0.1) is 5.10 Å². The van der Waals surface area contributed by atoms with Crippen LogP contribution in [0.15, 0.2) is 59.8 Å².